The number of anilines is 1. The van der Waals surface area contributed by atoms with Gasteiger partial charge in [0.1, 0.15) is 17.2 Å². The number of phenolic OH excluding ortho intramolecular Hbond substituents is 2. The Hall–Kier alpha value is -2.17. The maximum atomic E-state index is 9.64. The van der Waals surface area contributed by atoms with Crippen molar-refractivity contribution in [3.05, 3.63) is 23.8 Å². The Morgan fingerprint density at radius 1 is 1.20 bits per heavy atom. The number of aryl methyl sites for hydroxylation is 1. The van der Waals surface area contributed by atoms with Gasteiger partial charge in [-0.3, -0.25) is 0 Å². The van der Waals surface area contributed by atoms with Gasteiger partial charge in [-0.15, -0.1) is 0 Å². The highest BCUT2D eigenvalue weighted by atomic mass is 16.5. The van der Waals surface area contributed by atoms with Crippen LogP contribution < -0.4 is 5.73 Å². The van der Waals surface area contributed by atoms with E-state index >= 15 is 0 Å². The SMILES string of the molecule is Cc1cc(O)c(-c2cc(N)on2)cc1O. The van der Waals surface area contributed by atoms with E-state index < -0.39 is 0 Å². The van der Waals surface area contributed by atoms with Crippen molar-refractivity contribution in [2.75, 3.05) is 5.73 Å². The lowest BCUT2D eigenvalue weighted by molar-refractivity contribution is 0.436. The van der Waals surface area contributed by atoms with E-state index in [2.05, 4.69) is 9.68 Å². The van der Waals surface area contributed by atoms with Gasteiger partial charge in [0.25, 0.3) is 0 Å². The number of nitrogens with two attached hydrogens (primary N) is 1. The van der Waals surface area contributed by atoms with Crippen molar-refractivity contribution < 1.29 is 14.7 Å². The minimum atomic E-state index is 0.0265. The Morgan fingerprint density at radius 2 is 1.93 bits per heavy atom. The van der Waals surface area contributed by atoms with Crippen molar-refractivity contribution in [2.24, 2.45) is 0 Å². The van der Waals surface area contributed by atoms with Gasteiger partial charge in [-0.2, -0.15) is 0 Å². The summed E-state index contributed by atoms with van der Waals surface area (Å²) >= 11 is 0. The van der Waals surface area contributed by atoms with Gasteiger partial charge >= 0.3 is 0 Å². The first-order chi connectivity index (χ1) is 7.08. The van der Waals surface area contributed by atoms with E-state index in [1.807, 2.05) is 0 Å². The average molecular weight is 206 g/mol. The number of rotatable bonds is 1. The summed E-state index contributed by atoms with van der Waals surface area (Å²) in [5, 5.41) is 22.8. The summed E-state index contributed by atoms with van der Waals surface area (Å²) in [5.41, 5.74) is 6.73. The Balaban J connectivity index is 2.58. The molecule has 4 N–H and O–H groups in total. The predicted molar refractivity (Wildman–Crippen MR) is 54.4 cm³/mol. The molecule has 2 aromatic rings. The summed E-state index contributed by atoms with van der Waals surface area (Å²) in [6, 6.07) is 4.35. The van der Waals surface area contributed by atoms with Crippen LogP contribution in [0.4, 0.5) is 5.88 Å². The summed E-state index contributed by atoms with van der Waals surface area (Å²) in [4.78, 5) is 0. The van der Waals surface area contributed by atoms with Crippen LogP contribution in [0.15, 0.2) is 22.7 Å². The smallest absolute Gasteiger partial charge is 0.222 e. The molecule has 0 aliphatic carbocycles. The van der Waals surface area contributed by atoms with Crippen molar-refractivity contribution in [1.82, 2.24) is 5.16 Å². The molecule has 0 bridgehead atoms. The molecule has 0 fully saturated rings. The summed E-state index contributed by atoms with van der Waals surface area (Å²) in [6.45, 7) is 1.69. The Kier molecular flexibility index (Phi) is 2.00. The second-order valence-corrected chi connectivity index (χ2v) is 3.27. The van der Waals surface area contributed by atoms with Crippen molar-refractivity contribution in [3.8, 4) is 22.8 Å². The second-order valence-electron chi connectivity index (χ2n) is 3.27. The zero-order valence-corrected chi connectivity index (χ0v) is 8.06. The molecule has 0 amide bonds. The van der Waals surface area contributed by atoms with Crippen molar-refractivity contribution >= 4 is 5.88 Å². The number of hydrogen-bond donors (Lipinski definition) is 3. The fraction of sp³-hybridized carbons (Fsp3) is 0.100. The lowest BCUT2D eigenvalue weighted by Gasteiger charge is -2.04. The van der Waals surface area contributed by atoms with Crippen LogP contribution in [-0.2, 0) is 0 Å². The third kappa shape index (κ3) is 1.59. The van der Waals surface area contributed by atoms with E-state index in [4.69, 9.17) is 5.73 Å². The normalized spacial score (nSPS) is 10.5. The molecule has 78 valence electrons. The largest absolute Gasteiger partial charge is 0.508 e. The van der Waals surface area contributed by atoms with E-state index in [0.29, 0.717) is 16.8 Å². The fourth-order valence-corrected chi connectivity index (χ4v) is 1.30. The quantitative estimate of drug-likeness (QED) is 0.617. The standard InChI is InChI=1S/C10H10N2O3/c1-5-2-9(14)6(3-8(5)13)7-4-10(11)15-12-7/h2-4,13-14H,11H2,1H3. The van der Waals surface area contributed by atoms with Crippen LogP contribution in [0, 0.1) is 6.92 Å². The Morgan fingerprint density at radius 3 is 2.53 bits per heavy atom. The Labute approximate surface area is 85.7 Å². The molecule has 0 aliphatic heterocycles. The first kappa shape index (κ1) is 9.39. The molecule has 2 rings (SSSR count). The van der Waals surface area contributed by atoms with Gasteiger partial charge in [-0.1, -0.05) is 5.16 Å². The van der Waals surface area contributed by atoms with E-state index in [1.54, 1.807) is 6.92 Å². The lowest BCUT2D eigenvalue weighted by Crippen LogP contribution is -1.82. The number of hydrogen-bond acceptors (Lipinski definition) is 5. The summed E-state index contributed by atoms with van der Waals surface area (Å²) in [5.74, 6) is 0.271. The van der Waals surface area contributed by atoms with Gasteiger partial charge in [0.05, 0.1) is 0 Å². The van der Waals surface area contributed by atoms with Crippen molar-refractivity contribution in [1.29, 1.82) is 0 Å². The predicted octanol–water partition coefficient (Wildman–Crippen LogP) is 1.64. The number of aromatic nitrogens is 1. The third-order valence-corrected chi connectivity index (χ3v) is 2.12. The first-order valence-electron chi connectivity index (χ1n) is 4.33. The summed E-state index contributed by atoms with van der Waals surface area (Å²) in [6.07, 6.45) is 0. The molecule has 1 heterocycles. The number of nitrogen functional groups attached to an aromatic ring is 1. The number of aromatic hydroxyl groups is 2. The second kappa shape index (κ2) is 3.20. The van der Waals surface area contributed by atoms with Gasteiger partial charge in [-0.05, 0) is 24.6 Å². The van der Waals surface area contributed by atoms with Crippen LogP contribution >= 0.6 is 0 Å². The highest BCUT2D eigenvalue weighted by molar-refractivity contribution is 5.70. The molecule has 15 heavy (non-hydrogen) atoms. The summed E-state index contributed by atoms with van der Waals surface area (Å²) < 4.78 is 4.68. The lowest BCUT2D eigenvalue weighted by atomic mass is 10.1. The van der Waals surface area contributed by atoms with Gasteiger partial charge in [0.15, 0.2) is 0 Å². The van der Waals surface area contributed by atoms with Crippen molar-refractivity contribution in [2.45, 2.75) is 6.92 Å². The maximum Gasteiger partial charge on any atom is 0.222 e. The first-order valence-corrected chi connectivity index (χ1v) is 4.33. The molecule has 0 saturated carbocycles. The van der Waals surface area contributed by atoms with Gasteiger partial charge in [0.2, 0.25) is 5.88 Å². The topological polar surface area (TPSA) is 92.5 Å². The molecule has 5 nitrogen and oxygen atoms in total. The highest BCUT2D eigenvalue weighted by Gasteiger charge is 2.11. The minimum Gasteiger partial charge on any atom is -0.508 e. The van der Waals surface area contributed by atoms with E-state index in [0.717, 1.165) is 0 Å². The van der Waals surface area contributed by atoms with Crippen LogP contribution in [0.2, 0.25) is 0 Å². The monoisotopic (exact) mass is 206 g/mol. The van der Waals surface area contributed by atoms with E-state index in [9.17, 15) is 10.2 Å². The van der Waals surface area contributed by atoms with Gasteiger partial charge < -0.3 is 20.5 Å². The van der Waals surface area contributed by atoms with Gasteiger partial charge in [-0.25, -0.2) is 0 Å². The zero-order valence-electron chi connectivity index (χ0n) is 8.06. The van der Waals surface area contributed by atoms with Crippen LogP contribution in [0.5, 0.6) is 11.5 Å². The molecule has 0 aliphatic rings. The fourth-order valence-electron chi connectivity index (χ4n) is 1.30. The number of phenols is 2. The molecule has 5 heteroatoms. The van der Waals surface area contributed by atoms with Crippen LogP contribution in [0.3, 0.4) is 0 Å². The summed E-state index contributed by atoms with van der Waals surface area (Å²) in [7, 11) is 0. The maximum absolute atomic E-state index is 9.64. The molecular formula is C10H10N2O3. The third-order valence-electron chi connectivity index (χ3n) is 2.12. The van der Waals surface area contributed by atoms with Crippen molar-refractivity contribution in [3.63, 3.8) is 0 Å². The van der Waals surface area contributed by atoms with Crippen LogP contribution in [0.1, 0.15) is 5.56 Å². The highest BCUT2D eigenvalue weighted by Crippen LogP contribution is 2.34. The number of nitrogens with zero attached hydrogens (tertiary/aromatic N) is 1. The molecule has 0 radical (unpaired) electrons. The van der Waals surface area contributed by atoms with Gasteiger partial charge in [0, 0.05) is 11.6 Å². The molecule has 0 atom stereocenters. The van der Waals surface area contributed by atoms with E-state index in [1.165, 1.54) is 18.2 Å². The van der Waals surface area contributed by atoms with Crippen LogP contribution in [0.25, 0.3) is 11.3 Å². The Bertz CT molecular complexity index is 505. The number of benzene rings is 1. The zero-order chi connectivity index (χ0) is 11.0. The molecule has 0 saturated heterocycles. The molecule has 0 unspecified atom stereocenters. The molecule has 1 aromatic heterocycles. The molecule has 0 spiro atoms. The molecular weight excluding hydrogens is 196 g/mol. The molecule has 1 aromatic carbocycles. The average Bonchev–Trinajstić information content (AvgIpc) is 2.58. The van der Waals surface area contributed by atoms with Crippen LogP contribution in [-0.4, -0.2) is 15.4 Å². The minimum absolute atomic E-state index is 0.0265. The van der Waals surface area contributed by atoms with E-state index in [-0.39, 0.29) is 17.4 Å².